The van der Waals surface area contributed by atoms with Crippen LogP contribution in [-0.4, -0.2) is 48.0 Å². The number of amides is 1. The summed E-state index contributed by atoms with van der Waals surface area (Å²) in [6.45, 7) is 8.65. The van der Waals surface area contributed by atoms with Crippen molar-refractivity contribution in [1.82, 2.24) is 9.80 Å². The molecule has 2 aliphatic rings. The maximum atomic E-state index is 12.7. The molecule has 0 unspecified atom stereocenters. The minimum absolute atomic E-state index is 0.186. The summed E-state index contributed by atoms with van der Waals surface area (Å²) in [5.74, 6) is 1.68. The maximum absolute atomic E-state index is 12.7. The molecule has 1 aromatic carbocycles. The van der Waals surface area contributed by atoms with Gasteiger partial charge in [0.25, 0.3) is 0 Å². The van der Waals surface area contributed by atoms with Crippen LogP contribution in [0.1, 0.15) is 51.5 Å². The van der Waals surface area contributed by atoms with Gasteiger partial charge >= 0.3 is 0 Å². The number of hydrogen-bond acceptors (Lipinski definition) is 3. The summed E-state index contributed by atoms with van der Waals surface area (Å²) >= 11 is 0. The Morgan fingerprint density at radius 2 is 1.76 bits per heavy atom. The first kappa shape index (κ1) is 18.2. The van der Waals surface area contributed by atoms with Gasteiger partial charge in [-0.15, -0.1) is 0 Å². The number of carbonyl (C=O) groups is 1. The lowest BCUT2D eigenvalue weighted by Gasteiger charge is -2.37. The second-order valence-corrected chi connectivity index (χ2v) is 7.71. The topological polar surface area (TPSA) is 32.8 Å². The SMILES string of the molecule is CC(C)Oc1ccccc1CN1CCN(C(=O)C2CCCCC2)CC1. The third-order valence-electron chi connectivity index (χ3n) is 5.37. The predicted octanol–water partition coefficient (Wildman–Crippen LogP) is 3.70. The standard InChI is InChI=1S/C21H32N2O2/c1-17(2)25-20-11-7-6-10-19(20)16-22-12-14-23(15-13-22)21(24)18-8-4-3-5-9-18/h6-7,10-11,17-18H,3-5,8-9,12-16H2,1-2H3. The van der Waals surface area contributed by atoms with Crippen molar-refractivity contribution in [2.24, 2.45) is 5.92 Å². The molecule has 1 aromatic rings. The Morgan fingerprint density at radius 3 is 2.44 bits per heavy atom. The molecule has 1 amide bonds. The molecule has 0 bridgehead atoms. The number of nitrogens with zero attached hydrogens (tertiary/aromatic N) is 2. The number of para-hydroxylation sites is 1. The van der Waals surface area contributed by atoms with Crippen LogP contribution in [0, 0.1) is 5.92 Å². The third kappa shape index (κ3) is 4.97. The van der Waals surface area contributed by atoms with E-state index in [0.29, 0.717) is 11.8 Å². The quantitative estimate of drug-likeness (QED) is 0.816. The van der Waals surface area contributed by atoms with Crippen molar-refractivity contribution < 1.29 is 9.53 Å². The molecule has 138 valence electrons. The van der Waals surface area contributed by atoms with Gasteiger partial charge in [-0.3, -0.25) is 9.69 Å². The van der Waals surface area contributed by atoms with Gasteiger partial charge in [0.15, 0.2) is 0 Å². The molecular formula is C21H32N2O2. The molecule has 4 heteroatoms. The molecule has 1 heterocycles. The van der Waals surface area contributed by atoms with Crippen LogP contribution >= 0.6 is 0 Å². The Kier molecular flexibility index (Phi) is 6.35. The van der Waals surface area contributed by atoms with E-state index in [4.69, 9.17) is 4.74 Å². The summed E-state index contributed by atoms with van der Waals surface area (Å²) < 4.78 is 5.93. The molecule has 0 N–H and O–H groups in total. The van der Waals surface area contributed by atoms with Crippen molar-refractivity contribution in [3.63, 3.8) is 0 Å². The van der Waals surface area contributed by atoms with Gasteiger partial charge in [0.2, 0.25) is 5.91 Å². The number of hydrogen-bond donors (Lipinski definition) is 0. The molecule has 2 fully saturated rings. The number of piperazine rings is 1. The lowest BCUT2D eigenvalue weighted by atomic mass is 9.88. The molecule has 1 aliphatic carbocycles. The monoisotopic (exact) mass is 344 g/mol. The second-order valence-electron chi connectivity index (χ2n) is 7.71. The normalized spacial score (nSPS) is 20.0. The van der Waals surface area contributed by atoms with Gasteiger partial charge in [0, 0.05) is 44.2 Å². The number of ether oxygens (including phenoxy) is 1. The van der Waals surface area contributed by atoms with Crippen LogP contribution in [0.25, 0.3) is 0 Å². The molecular weight excluding hydrogens is 312 g/mol. The maximum Gasteiger partial charge on any atom is 0.225 e. The van der Waals surface area contributed by atoms with Gasteiger partial charge in [-0.25, -0.2) is 0 Å². The molecule has 0 radical (unpaired) electrons. The Morgan fingerprint density at radius 1 is 1.08 bits per heavy atom. The van der Waals surface area contributed by atoms with Crippen molar-refractivity contribution in [2.45, 2.75) is 58.6 Å². The summed E-state index contributed by atoms with van der Waals surface area (Å²) in [4.78, 5) is 17.2. The molecule has 0 atom stereocenters. The first-order valence-corrected chi connectivity index (χ1v) is 9.89. The average molecular weight is 344 g/mol. The van der Waals surface area contributed by atoms with Crippen molar-refractivity contribution in [1.29, 1.82) is 0 Å². The second kappa shape index (κ2) is 8.70. The Labute approximate surface area is 152 Å². The van der Waals surface area contributed by atoms with Crippen LogP contribution in [0.4, 0.5) is 0 Å². The molecule has 25 heavy (non-hydrogen) atoms. The van der Waals surface area contributed by atoms with Gasteiger partial charge in [0.1, 0.15) is 5.75 Å². The van der Waals surface area contributed by atoms with Crippen molar-refractivity contribution in [3.8, 4) is 5.75 Å². The van der Waals surface area contributed by atoms with Crippen molar-refractivity contribution in [3.05, 3.63) is 29.8 Å². The van der Waals surface area contributed by atoms with E-state index in [1.807, 2.05) is 6.07 Å². The summed E-state index contributed by atoms with van der Waals surface area (Å²) in [6, 6.07) is 8.31. The molecule has 1 saturated heterocycles. The summed E-state index contributed by atoms with van der Waals surface area (Å²) in [5, 5.41) is 0. The zero-order valence-corrected chi connectivity index (χ0v) is 15.7. The van der Waals surface area contributed by atoms with Gasteiger partial charge in [-0.1, -0.05) is 37.5 Å². The molecule has 3 rings (SSSR count). The van der Waals surface area contributed by atoms with E-state index in [9.17, 15) is 4.79 Å². The number of carbonyl (C=O) groups excluding carboxylic acids is 1. The van der Waals surface area contributed by atoms with Crippen LogP contribution in [0.3, 0.4) is 0 Å². The first-order valence-electron chi connectivity index (χ1n) is 9.89. The van der Waals surface area contributed by atoms with Crippen LogP contribution in [0.15, 0.2) is 24.3 Å². The fourth-order valence-electron chi connectivity index (χ4n) is 3.98. The fraction of sp³-hybridized carbons (Fsp3) is 0.667. The van der Waals surface area contributed by atoms with E-state index in [1.54, 1.807) is 0 Å². The highest BCUT2D eigenvalue weighted by Gasteiger charge is 2.28. The highest BCUT2D eigenvalue weighted by molar-refractivity contribution is 5.79. The van der Waals surface area contributed by atoms with E-state index >= 15 is 0 Å². The molecule has 1 aliphatic heterocycles. The largest absolute Gasteiger partial charge is 0.491 e. The minimum Gasteiger partial charge on any atom is -0.491 e. The van der Waals surface area contributed by atoms with E-state index < -0.39 is 0 Å². The van der Waals surface area contributed by atoms with Gasteiger partial charge in [-0.2, -0.15) is 0 Å². The van der Waals surface area contributed by atoms with E-state index in [1.165, 1.54) is 24.8 Å². The molecule has 4 nitrogen and oxygen atoms in total. The van der Waals surface area contributed by atoms with Crippen molar-refractivity contribution >= 4 is 5.91 Å². The number of rotatable bonds is 5. The highest BCUT2D eigenvalue weighted by atomic mass is 16.5. The summed E-state index contributed by atoms with van der Waals surface area (Å²) in [6.07, 6.45) is 6.13. The smallest absolute Gasteiger partial charge is 0.225 e. The zero-order chi connectivity index (χ0) is 17.6. The molecule has 1 saturated carbocycles. The first-order chi connectivity index (χ1) is 12.1. The Hall–Kier alpha value is -1.55. The average Bonchev–Trinajstić information content (AvgIpc) is 2.64. The van der Waals surface area contributed by atoms with Crippen molar-refractivity contribution in [2.75, 3.05) is 26.2 Å². The Bertz CT molecular complexity index is 559. The number of benzene rings is 1. The van der Waals surface area contributed by atoms with Gasteiger partial charge < -0.3 is 9.64 Å². The van der Waals surface area contributed by atoms with E-state index in [0.717, 1.165) is 51.3 Å². The summed E-state index contributed by atoms with van der Waals surface area (Å²) in [7, 11) is 0. The lowest BCUT2D eigenvalue weighted by Crippen LogP contribution is -2.50. The van der Waals surface area contributed by atoms with E-state index in [-0.39, 0.29) is 6.10 Å². The van der Waals surface area contributed by atoms with Crippen LogP contribution in [-0.2, 0) is 11.3 Å². The minimum atomic E-state index is 0.186. The van der Waals surface area contributed by atoms with Crippen LogP contribution in [0.2, 0.25) is 0 Å². The zero-order valence-electron chi connectivity index (χ0n) is 15.7. The van der Waals surface area contributed by atoms with Crippen LogP contribution in [0.5, 0.6) is 5.75 Å². The van der Waals surface area contributed by atoms with Crippen LogP contribution < -0.4 is 4.74 Å². The Balaban J connectivity index is 1.52. The predicted molar refractivity (Wildman–Crippen MR) is 101 cm³/mol. The van der Waals surface area contributed by atoms with Gasteiger partial charge in [-0.05, 0) is 32.8 Å². The lowest BCUT2D eigenvalue weighted by molar-refractivity contribution is -0.138. The molecule has 0 aromatic heterocycles. The molecule has 0 spiro atoms. The third-order valence-corrected chi connectivity index (χ3v) is 5.37. The van der Waals surface area contributed by atoms with E-state index in [2.05, 4.69) is 41.8 Å². The fourth-order valence-corrected chi connectivity index (χ4v) is 3.98. The van der Waals surface area contributed by atoms with Gasteiger partial charge in [0.05, 0.1) is 6.10 Å². The summed E-state index contributed by atoms with van der Waals surface area (Å²) in [5.41, 5.74) is 1.24. The highest BCUT2D eigenvalue weighted by Crippen LogP contribution is 2.26.